The summed E-state index contributed by atoms with van der Waals surface area (Å²) in [6, 6.07) is 1.63. The van der Waals surface area contributed by atoms with Crippen LogP contribution in [0.2, 0.25) is 5.02 Å². The number of rotatable bonds is 4. The van der Waals surface area contributed by atoms with Gasteiger partial charge < -0.3 is 15.8 Å². The molecule has 1 aromatic rings. The van der Waals surface area contributed by atoms with E-state index in [1.54, 1.807) is 0 Å². The molecule has 0 unspecified atom stereocenters. The maximum Gasteiger partial charge on any atom is 0.253 e. The minimum Gasteiger partial charge on any atom is -0.384 e. The largest absolute Gasteiger partial charge is 0.384 e. The predicted molar refractivity (Wildman–Crippen MR) is 69.6 cm³/mol. The number of carbonyl (C=O) groups is 1. The van der Waals surface area contributed by atoms with Gasteiger partial charge in [-0.1, -0.05) is 11.6 Å². The summed E-state index contributed by atoms with van der Waals surface area (Å²) in [5.41, 5.74) is 5.90. The SMILES string of the molecule is CCOC1CC(NC(=O)c2cc(N)ncc2Cl)C1. The molecule has 1 saturated carbocycles. The number of nitrogens with two attached hydrogens (primary N) is 1. The van der Waals surface area contributed by atoms with Crippen molar-refractivity contribution in [3.63, 3.8) is 0 Å². The van der Waals surface area contributed by atoms with E-state index in [2.05, 4.69) is 10.3 Å². The number of nitrogens with one attached hydrogen (secondary N) is 1. The molecule has 0 bridgehead atoms. The summed E-state index contributed by atoms with van der Waals surface area (Å²) in [7, 11) is 0. The number of aromatic nitrogens is 1. The lowest BCUT2D eigenvalue weighted by molar-refractivity contribution is -0.00862. The summed E-state index contributed by atoms with van der Waals surface area (Å²) in [6.07, 6.45) is 3.34. The third-order valence-electron chi connectivity index (χ3n) is 2.95. The van der Waals surface area contributed by atoms with Crippen molar-refractivity contribution in [2.45, 2.75) is 31.9 Å². The predicted octanol–water partition coefficient (Wildman–Crippen LogP) is 1.61. The van der Waals surface area contributed by atoms with Crippen molar-refractivity contribution in [3.05, 3.63) is 22.8 Å². The van der Waals surface area contributed by atoms with Gasteiger partial charge in [-0.25, -0.2) is 4.98 Å². The van der Waals surface area contributed by atoms with Crippen LogP contribution in [0.3, 0.4) is 0 Å². The number of carbonyl (C=O) groups excluding carboxylic acids is 1. The van der Waals surface area contributed by atoms with Crippen LogP contribution in [-0.2, 0) is 4.74 Å². The van der Waals surface area contributed by atoms with Gasteiger partial charge in [-0.2, -0.15) is 0 Å². The molecule has 0 saturated heterocycles. The van der Waals surface area contributed by atoms with Gasteiger partial charge in [-0.15, -0.1) is 0 Å². The van der Waals surface area contributed by atoms with E-state index < -0.39 is 0 Å². The van der Waals surface area contributed by atoms with Crippen LogP contribution in [0.5, 0.6) is 0 Å². The first-order chi connectivity index (χ1) is 8.60. The second-order valence-electron chi connectivity index (χ2n) is 4.31. The van der Waals surface area contributed by atoms with E-state index in [0.29, 0.717) is 17.2 Å². The van der Waals surface area contributed by atoms with Gasteiger partial charge in [-0.3, -0.25) is 4.79 Å². The Balaban J connectivity index is 1.91. The van der Waals surface area contributed by atoms with Crippen LogP contribution >= 0.6 is 11.6 Å². The van der Waals surface area contributed by atoms with E-state index in [0.717, 1.165) is 12.8 Å². The van der Waals surface area contributed by atoms with Crippen molar-refractivity contribution in [2.24, 2.45) is 0 Å². The molecule has 1 aliphatic carbocycles. The molecule has 5 nitrogen and oxygen atoms in total. The maximum atomic E-state index is 12.0. The van der Waals surface area contributed by atoms with Crippen LogP contribution in [0.15, 0.2) is 12.3 Å². The number of nitrogens with zero attached hydrogens (tertiary/aromatic N) is 1. The van der Waals surface area contributed by atoms with Crippen LogP contribution < -0.4 is 11.1 Å². The molecular formula is C12H16ClN3O2. The van der Waals surface area contributed by atoms with Crippen LogP contribution in [0.4, 0.5) is 5.82 Å². The molecule has 98 valence electrons. The van der Waals surface area contributed by atoms with Crippen molar-refractivity contribution in [3.8, 4) is 0 Å². The minimum atomic E-state index is -0.214. The average Bonchev–Trinajstić information content (AvgIpc) is 2.29. The highest BCUT2D eigenvalue weighted by Crippen LogP contribution is 2.24. The lowest BCUT2D eigenvalue weighted by Gasteiger charge is -2.35. The Bertz CT molecular complexity index is 447. The van der Waals surface area contributed by atoms with Crippen LogP contribution in [-0.4, -0.2) is 29.6 Å². The summed E-state index contributed by atoms with van der Waals surface area (Å²) in [5, 5.41) is 3.21. The van der Waals surface area contributed by atoms with Crippen molar-refractivity contribution in [2.75, 3.05) is 12.3 Å². The van der Waals surface area contributed by atoms with E-state index in [9.17, 15) is 4.79 Å². The molecule has 1 fully saturated rings. The van der Waals surface area contributed by atoms with Gasteiger partial charge in [-0.05, 0) is 25.8 Å². The molecule has 1 amide bonds. The zero-order valence-electron chi connectivity index (χ0n) is 10.1. The molecule has 0 aliphatic heterocycles. The zero-order chi connectivity index (χ0) is 13.1. The van der Waals surface area contributed by atoms with Crippen molar-refractivity contribution in [1.29, 1.82) is 0 Å². The molecule has 1 aromatic heterocycles. The summed E-state index contributed by atoms with van der Waals surface area (Å²) in [6.45, 7) is 2.67. The van der Waals surface area contributed by atoms with Crippen LogP contribution in [0, 0.1) is 0 Å². The first-order valence-electron chi connectivity index (χ1n) is 5.93. The number of hydrogen-bond acceptors (Lipinski definition) is 4. The highest BCUT2D eigenvalue weighted by molar-refractivity contribution is 6.33. The fourth-order valence-corrected chi connectivity index (χ4v) is 2.14. The first kappa shape index (κ1) is 13.1. The first-order valence-corrected chi connectivity index (χ1v) is 6.31. The second-order valence-corrected chi connectivity index (χ2v) is 4.72. The molecule has 3 N–H and O–H groups in total. The van der Waals surface area contributed by atoms with Crippen LogP contribution in [0.1, 0.15) is 30.1 Å². The number of nitrogen functional groups attached to an aromatic ring is 1. The van der Waals surface area contributed by atoms with E-state index in [1.165, 1.54) is 12.3 Å². The molecule has 0 atom stereocenters. The molecule has 0 aromatic carbocycles. The Morgan fingerprint density at radius 3 is 3.06 bits per heavy atom. The maximum absolute atomic E-state index is 12.0. The standard InChI is InChI=1S/C12H16ClN3O2/c1-2-18-8-3-7(4-8)16-12(17)9-5-11(14)15-6-10(9)13/h5-8H,2-4H2,1H3,(H2,14,15)(H,16,17). The Hall–Kier alpha value is -1.33. The number of amides is 1. The minimum absolute atomic E-state index is 0.152. The summed E-state index contributed by atoms with van der Waals surface area (Å²) >= 11 is 5.91. The van der Waals surface area contributed by atoms with Gasteiger partial charge in [0.25, 0.3) is 5.91 Å². The van der Waals surface area contributed by atoms with E-state index in [-0.39, 0.29) is 23.9 Å². The zero-order valence-corrected chi connectivity index (χ0v) is 10.9. The Kier molecular flexibility index (Phi) is 4.04. The topological polar surface area (TPSA) is 77.2 Å². The van der Waals surface area contributed by atoms with Crippen molar-refractivity contribution in [1.82, 2.24) is 10.3 Å². The molecule has 0 radical (unpaired) electrons. The molecule has 6 heteroatoms. The Morgan fingerprint density at radius 2 is 2.39 bits per heavy atom. The molecule has 18 heavy (non-hydrogen) atoms. The third kappa shape index (κ3) is 2.91. The van der Waals surface area contributed by atoms with Gasteiger partial charge in [0.1, 0.15) is 5.82 Å². The lowest BCUT2D eigenvalue weighted by atomic mass is 9.89. The number of ether oxygens (including phenoxy) is 1. The fraction of sp³-hybridized carbons (Fsp3) is 0.500. The van der Waals surface area contributed by atoms with E-state index in [1.807, 2.05) is 6.92 Å². The van der Waals surface area contributed by atoms with Crippen LogP contribution in [0.25, 0.3) is 0 Å². The summed E-state index contributed by atoms with van der Waals surface area (Å²) in [5.74, 6) is 0.0689. The number of hydrogen-bond donors (Lipinski definition) is 2. The smallest absolute Gasteiger partial charge is 0.253 e. The van der Waals surface area contributed by atoms with Crippen molar-refractivity contribution < 1.29 is 9.53 Å². The highest BCUT2D eigenvalue weighted by atomic mass is 35.5. The fourth-order valence-electron chi connectivity index (χ4n) is 1.95. The third-order valence-corrected chi connectivity index (χ3v) is 3.25. The van der Waals surface area contributed by atoms with Gasteiger partial charge in [0.05, 0.1) is 16.7 Å². The highest BCUT2D eigenvalue weighted by Gasteiger charge is 2.31. The monoisotopic (exact) mass is 269 g/mol. The van der Waals surface area contributed by atoms with E-state index >= 15 is 0 Å². The number of pyridine rings is 1. The van der Waals surface area contributed by atoms with Gasteiger partial charge in [0.2, 0.25) is 0 Å². The van der Waals surface area contributed by atoms with Gasteiger partial charge in [0.15, 0.2) is 0 Å². The molecule has 1 aliphatic rings. The second kappa shape index (κ2) is 5.54. The Morgan fingerprint density at radius 1 is 1.67 bits per heavy atom. The number of halogens is 1. The molecule has 0 spiro atoms. The molecule has 1 heterocycles. The molecular weight excluding hydrogens is 254 g/mol. The van der Waals surface area contributed by atoms with Gasteiger partial charge >= 0.3 is 0 Å². The van der Waals surface area contributed by atoms with E-state index in [4.69, 9.17) is 22.1 Å². The normalized spacial score (nSPS) is 22.3. The summed E-state index contributed by atoms with van der Waals surface area (Å²) in [4.78, 5) is 15.8. The summed E-state index contributed by atoms with van der Waals surface area (Å²) < 4.78 is 5.43. The molecule has 2 rings (SSSR count). The van der Waals surface area contributed by atoms with Gasteiger partial charge in [0, 0.05) is 18.8 Å². The quantitative estimate of drug-likeness (QED) is 0.871. The lowest BCUT2D eigenvalue weighted by Crippen LogP contribution is -2.47. The average molecular weight is 270 g/mol. The van der Waals surface area contributed by atoms with Crippen molar-refractivity contribution >= 4 is 23.3 Å². The number of anilines is 1. The Labute approximate surface area is 111 Å².